The van der Waals surface area contributed by atoms with E-state index in [0.717, 1.165) is 30.6 Å². The normalized spacial score (nSPS) is 24.1. The van der Waals surface area contributed by atoms with Gasteiger partial charge in [0.15, 0.2) is 0 Å². The molecule has 0 saturated carbocycles. The fourth-order valence-corrected chi connectivity index (χ4v) is 3.49. The van der Waals surface area contributed by atoms with Crippen LogP contribution in [0, 0.1) is 0 Å². The van der Waals surface area contributed by atoms with Crippen molar-refractivity contribution >= 4 is 11.6 Å². The Morgan fingerprint density at radius 2 is 2.24 bits per heavy atom. The number of carbonyl (C=O) groups excluding carboxylic acids is 1. The minimum absolute atomic E-state index is 0.0790. The van der Waals surface area contributed by atoms with Gasteiger partial charge >= 0.3 is 0 Å². The third-order valence-electron chi connectivity index (χ3n) is 4.18. The third-order valence-corrected chi connectivity index (χ3v) is 4.18. The molecule has 1 amide bonds. The molecule has 1 N–H and O–H groups in total. The van der Waals surface area contributed by atoms with E-state index in [4.69, 9.17) is 4.74 Å². The number of ether oxygens (including phenoxy) is 1. The van der Waals surface area contributed by atoms with Crippen LogP contribution < -0.4 is 5.32 Å². The van der Waals surface area contributed by atoms with Crippen LogP contribution in [-0.2, 0) is 11.2 Å². The molecule has 1 aromatic carbocycles. The van der Waals surface area contributed by atoms with Gasteiger partial charge in [-0.1, -0.05) is 6.07 Å². The van der Waals surface area contributed by atoms with E-state index >= 15 is 0 Å². The van der Waals surface area contributed by atoms with Gasteiger partial charge in [-0.15, -0.1) is 0 Å². The molecule has 4 heteroatoms. The Balaban J connectivity index is 1.88. The average molecular weight is 288 g/mol. The number of hydrogen-bond donors (Lipinski definition) is 1. The van der Waals surface area contributed by atoms with Gasteiger partial charge in [0.2, 0.25) is 0 Å². The summed E-state index contributed by atoms with van der Waals surface area (Å²) in [6.45, 7) is 8.43. The smallest absolute Gasteiger partial charge is 0.254 e. The van der Waals surface area contributed by atoms with Crippen LogP contribution in [0.25, 0.3) is 0 Å². The molecule has 4 nitrogen and oxygen atoms in total. The first-order chi connectivity index (χ1) is 9.96. The number of hydrogen-bond acceptors (Lipinski definition) is 3. The quantitative estimate of drug-likeness (QED) is 0.864. The fraction of sp³-hybridized carbons (Fsp3) is 0.588. The lowest BCUT2D eigenvalue weighted by atomic mass is 9.96. The SMILES string of the molecule is CC1CN(C(=O)c2cccc3c2CCCN3)CC(C)(C)O1. The van der Waals surface area contributed by atoms with Crippen LogP contribution >= 0.6 is 0 Å². The number of rotatable bonds is 1. The minimum Gasteiger partial charge on any atom is -0.385 e. The molecule has 1 saturated heterocycles. The molecule has 21 heavy (non-hydrogen) atoms. The molecule has 2 aliphatic rings. The maximum Gasteiger partial charge on any atom is 0.254 e. The number of fused-ring (bicyclic) bond motifs is 1. The second-order valence-electron chi connectivity index (χ2n) is 6.74. The lowest BCUT2D eigenvalue weighted by Gasteiger charge is -2.42. The Labute approximate surface area is 126 Å². The van der Waals surface area contributed by atoms with Crippen molar-refractivity contribution < 1.29 is 9.53 Å². The Hall–Kier alpha value is -1.55. The number of amides is 1. The lowest BCUT2D eigenvalue weighted by molar-refractivity contribution is -0.118. The molecule has 2 heterocycles. The Kier molecular flexibility index (Phi) is 3.66. The van der Waals surface area contributed by atoms with Gasteiger partial charge < -0.3 is 15.0 Å². The summed E-state index contributed by atoms with van der Waals surface area (Å²) in [6, 6.07) is 6.00. The third kappa shape index (κ3) is 2.91. The Morgan fingerprint density at radius 3 is 3.00 bits per heavy atom. The highest BCUT2D eigenvalue weighted by Crippen LogP contribution is 2.28. The predicted molar refractivity (Wildman–Crippen MR) is 83.8 cm³/mol. The molecule has 114 valence electrons. The number of benzene rings is 1. The van der Waals surface area contributed by atoms with Crippen molar-refractivity contribution in [2.24, 2.45) is 0 Å². The van der Waals surface area contributed by atoms with E-state index in [1.807, 2.05) is 37.8 Å². The number of morpholine rings is 1. The highest BCUT2D eigenvalue weighted by atomic mass is 16.5. The molecular weight excluding hydrogens is 264 g/mol. The molecule has 1 fully saturated rings. The minimum atomic E-state index is -0.277. The van der Waals surface area contributed by atoms with Gasteiger partial charge in [0.25, 0.3) is 5.91 Å². The average Bonchev–Trinajstić information content (AvgIpc) is 2.44. The molecule has 1 atom stereocenters. The van der Waals surface area contributed by atoms with E-state index < -0.39 is 0 Å². The van der Waals surface area contributed by atoms with E-state index in [0.29, 0.717) is 13.1 Å². The molecule has 0 spiro atoms. The van der Waals surface area contributed by atoms with Crippen molar-refractivity contribution in [1.29, 1.82) is 0 Å². The van der Waals surface area contributed by atoms with Crippen LogP contribution in [0.2, 0.25) is 0 Å². The van der Waals surface area contributed by atoms with Crippen LogP contribution in [0.3, 0.4) is 0 Å². The second-order valence-corrected chi connectivity index (χ2v) is 6.74. The van der Waals surface area contributed by atoms with Crippen molar-refractivity contribution in [3.63, 3.8) is 0 Å². The van der Waals surface area contributed by atoms with E-state index in [1.165, 1.54) is 5.56 Å². The zero-order chi connectivity index (χ0) is 15.0. The first-order valence-corrected chi connectivity index (χ1v) is 7.79. The topological polar surface area (TPSA) is 41.6 Å². The maximum atomic E-state index is 12.9. The van der Waals surface area contributed by atoms with Crippen molar-refractivity contribution in [3.05, 3.63) is 29.3 Å². The van der Waals surface area contributed by atoms with Crippen LogP contribution in [0.4, 0.5) is 5.69 Å². The standard InChI is InChI=1S/C17H24N2O2/c1-12-10-19(11-17(2,3)21-12)16(20)14-6-4-8-15-13(14)7-5-9-18-15/h4,6,8,12,18H,5,7,9-11H2,1-3H3. The molecule has 2 aliphatic heterocycles. The summed E-state index contributed by atoms with van der Waals surface area (Å²) in [4.78, 5) is 14.9. The van der Waals surface area contributed by atoms with Crippen LogP contribution in [0.15, 0.2) is 18.2 Å². The van der Waals surface area contributed by atoms with E-state index in [2.05, 4.69) is 11.4 Å². The predicted octanol–water partition coefficient (Wildman–Crippen LogP) is 2.68. The van der Waals surface area contributed by atoms with Gasteiger partial charge in [-0.3, -0.25) is 4.79 Å². The molecule has 0 bridgehead atoms. The molecule has 0 aliphatic carbocycles. The second kappa shape index (κ2) is 5.34. The maximum absolute atomic E-state index is 12.9. The number of anilines is 1. The molecule has 0 aromatic heterocycles. The van der Waals surface area contributed by atoms with E-state index in [9.17, 15) is 4.79 Å². The van der Waals surface area contributed by atoms with Gasteiger partial charge in [0.1, 0.15) is 0 Å². The van der Waals surface area contributed by atoms with Gasteiger partial charge in [0, 0.05) is 30.9 Å². The van der Waals surface area contributed by atoms with Crippen LogP contribution in [0.1, 0.15) is 43.1 Å². The van der Waals surface area contributed by atoms with Crippen molar-refractivity contribution in [3.8, 4) is 0 Å². The highest BCUT2D eigenvalue weighted by molar-refractivity contribution is 5.97. The van der Waals surface area contributed by atoms with Crippen molar-refractivity contribution in [2.45, 2.75) is 45.3 Å². The molecule has 1 aromatic rings. The molecule has 0 radical (unpaired) electrons. The molecular formula is C17H24N2O2. The first-order valence-electron chi connectivity index (χ1n) is 7.79. The van der Waals surface area contributed by atoms with Crippen LogP contribution in [0.5, 0.6) is 0 Å². The summed E-state index contributed by atoms with van der Waals surface area (Å²) in [5.74, 6) is 0.138. The monoisotopic (exact) mass is 288 g/mol. The summed E-state index contributed by atoms with van der Waals surface area (Å²) < 4.78 is 5.90. The van der Waals surface area contributed by atoms with Crippen molar-refractivity contribution in [2.75, 3.05) is 25.0 Å². The largest absolute Gasteiger partial charge is 0.385 e. The van der Waals surface area contributed by atoms with Gasteiger partial charge in [-0.25, -0.2) is 0 Å². The van der Waals surface area contributed by atoms with Gasteiger partial charge in [-0.2, -0.15) is 0 Å². The number of nitrogens with zero attached hydrogens (tertiary/aromatic N) is 1. The molecule has 3 rings (SSSR count). The molecule has 1 unspecified atom stereocenters. The number of carbonyl (C=O) groups is 1. The summed E-state index contributed by atoms with van der Waals surface area (Å²) in [5, 5.41) is 3.39. The van der Waals surface area contributed by atoms with E-state index in [-0.39, 0.29) is 17.6 Å². The Bertz CT molecular complexity index is 554. The van der Waals surface area contributed by atoms with Gasteiger partial charge in [-0.05, 0) is 51.3 Å². The fourth-order valence-electron chi connectivity index (χ4n) is 3.49. The van der Waals surface area contributed by atoms with E-state index in [1.54, 1.807) is 0 Å². The Morgan fingerprint density at radius 1 is 1.43 bits per heavy atom. The first kappa shape index (κ1) is 14.4. The lowest BCUT2D eigenvalue weighted by Crippen LogP contribution is -2.53. The number of nitrogens with one attached hydrogen (secondary N) is 1. The van der Waals surface area contributed by atoms with Crippen molar-refractivity contribution in [1.82, 2.24) is 4.90 Å². The summed E-state index contributed by atoms with van der Waals surface area (Å²) in [5.41, 5.74) is 2.86. The van der Waals surface area contributed by atoms with Gasteiger partial charge in [0.05, 0.1) is 11.7 Å². The summed E-state index contributed by atoms with van der Waals surface area (Å²) in [6.07, 6.45) is 2.14. The summed E-state index contributed by atoms with van der Waals surface area (Å²) >= 11 is 0. The zero-order valence-corrected chi connectivity index (χ0v) is 13.1. The van der Waals surface area contributed by atoms with Crippen LogP contribution in [-0.4, -0.2) is 42.1 Å². The zero-order valence-electron chi connectivity index (χ0n) is 13.1. The summed E-state index contributed by atoms with van der Waals surface area (Å²) in [7, 11) is 0. The highest BCUT2D eigenvalue weighted by Gasteiger charge is 2.34.